The lowest BCUT2D eigenvalue weighted by atomic mass is 9.91. The van der Waals surface area contributed by atoms with E-state index in [1.807, 2.05) is 72.8 Å². The van der Waals surface area contributed by atoms with E-state index >= 15 is 0 Å². The van der Waals surface area contributed by atoms with Crippen LogP contribution in [0.15, 0.2) is 84.3 Å². The Morgan fingerprint density at radius 2 is 1.76 bits per heavy atom. The Bertz CT molecular complexity index is 1530. The van der Waals surface area contributed by atoms with Gasteiger partial charge in [0, 0.05) is 23.8 Å². The second-order valence-electron chi connectivity index (χ2n) is 10.5. The number of nitrogens with zero attached hydrogens (tertiary/aromatic N) is 2. The zero-order chi connectivity index (χ0) is 31.6. The molecule has 4 N–H and O–H groups in total. The molecule has 45 heavy (non-hydrogen) atoms. The number of rotatable bonds is 12. The lowest BCUT2D eigenvalue weighted by molar-refractivity contribution is -0.268. The molecular formula is C33H37N5O6S. The predicted octanol–water partition coefficient (Wildman–Crippen LogP) is 4.91. The summed E-state index contributed by atoms with van der Waals surface area (Å²) in [4.78, 5) is 28.0. The number of amides is 2. The first-order valence-corrected chi connectivity index (χ1v) is 15.8. The van der Waals surface area contributed by atoms with Crippen LogP contribution < -0.4 is 10.6 Å². The van der Waals surface area contributed by atoms with Crippen molar-refractivity contribution in [1.29, 1.82) is 0 Å². The average Bonchev–Trinajstić information content (AvgIpc) is 3.60. The van der Waals surface area contributed by atoms with Crippen LogP contribution in [0.3, 0.4) is 0 Å². The van der Waals surface area contributed by atoms with Gasteiger partial charge in [-0.3, -0.25) is 9.89 Å². The van der Waals surface area contributed by atoms with Crippen molar-refractivity contribution in [3.8, 4) is 11.1 Å². The highest BCUT2D eigenvalue weighted by atomic mass is 32.2. The Kier molecular flexibility index (Phi) is 11.2. The van der Waals surface area contributed by atoms with Crippen LogP contribution in [0.5, 0.6) is 0 Å². The molecule has 11 nitrogen and oxygen atoms in total. The van der Waals surface area contributed by atoms with E-state index in [2.05, 4.69) is 32.7 Å². The van der Waals surface area contributed by atoms with Crippen molar-refractivity contribution >= 4 is 23.8 Å². The van der Waals surface area contributed by atoms with E-state index in [0.717, 1.165) is 38.5 Å². The van der Waals surface area contributed by atoms with Crippen LogP contribution >= 0.6 is 11.8 Å². The fourth-order valence-electron chi connectivity index (χ4n) is 5.11. The maximum absolute atomic E-state index is 12.2. The van der Waals surface area contributed by atoms with Crippen LogP contribution in [0.25, 0.3) is 11.1 Å². The number of aliphatic hydroxyl groups excluding tert-OH is 1. The van der Waals surface area contributed by atoms with Gasteiger partial charge in [0.25, 0.3) is 0 Å². The molecule has 12 heteroatoms. The quantitative estimate of drug-likeness (QED) is 0.126. The van der Waals surface area contributed by atoms with Gasteiger partial charge in [0.05, 0.1) is 25.4 Å². The molecule has 0 spiro atoms. The molecule has 4 unspecified atom stereocenters. The molecule has 236 valence electrons. The molecule has 1 aromatic heterocycles. The van der Waals surface area contributed by atoms with Crippen LogP contribution in [0, 0.1) is 5.92 Å². The van der Waals surface area contributed by atoms with Crippen molar-refractivity contribution in [2.75, 3.05) is 18.9 Å². The van der Waals surface area contributed by atoms with Crippen molar-refractivity contribution in [2.24, 2.45) is 5.92 Å². The largest absolute Gasteiger partial charge is 0.465 e. The number of carbonyl (C=O) groups is 2. The number of aliphatic hydroxyl groups is 1. The smallest absolute Gasteiger partial charge is 0.325 e. The molecule has 2 amide bonds. The van der Waals surface area contributed by atoms with E-state index in [1.54, 1.807) is 18.7 Å². The number of benzene rings is 3. The number of aromatic nitrogens is 3. The fourth-order valence-corrected chi connectivity index (χ4v) is 6.06. The van der Waals surface area contributed by atoms with E-state index in [4.69, 9.17) is 14.2 Å². The maximum atomic E-state index is 12.2. The van der Waals surface area contributed by atoms with E-state index < -0.39 is 18.3 Å². The summed E-state index contributed by atoms with van der Waals surface area (Å²) in [7, 11) is 0. The topological polar surface area (TPSA) is 148 Å². The molecular weight excluding hydrogens is 594 g/mol. The third kappa shape index (κ3) is 8.49. The van der Waals surface area contributed by atoms with Gasteiger partial charge in [-0.05, 0) is 34.7 Å². The number of nitrogens with one attached hydrogen (secondary N) is 3. The summed E-state index contributed by atoms with van der Waals surface area (Å²) >= 11 is 1.55. The molecule has 0 saturated carbocycles. The van der Waals surface area contributed by atoms with Gasteiger partial charge >= 0.3 is 12.0 Å². The Labute approximate surface area is 266 Å². The van der Waals surface area contributed by atoms with Crippen LogP contribution in [0.2, 0.25) is 0 Å². The molecule has 0 bridgehead atoms. The first kappa shape index (κ1) is 32.2. The summed E-state index contributed by atoms with van der Waals surface area (Å²) < 4.78 is 18.0. The third-order valence-electron chi connectivity index (χ3n) is 7.55. The van der Waals surface area contributed by atoms with E-state index in [0.29, 0.717) is 5.75 Å². The second-order valence-corrected chi connectivity index (χ2v) is 11.6. The Balaban J connectivity index is 1.30. The molecule has 1 saturated heterocycles. The summed E-state index contributed by atoms with van der Waals surface area (Å²) in [5, 5.41) is 22.4. The third-order valence-corrected chi connectivity index (χ3v) is 8.52. The van der Waals surface area contributed by atoms with Gasteiger partial charge < -0.3 is 30.0 Å². The molecule has 1 aliphatic rings. The Morgan fingerprint density at radius 3 is 2.47 bits per heavy atom. The SMILES string of the molecule is CCOC(=O)CNC(=O)NCc1ccccc1-c1ccc(C2OC(CSc3ncn[nH]3)C(C)C(c3ccc(CO)cc3)O2)cc1. The standard InChI is InChI=1S/C33H37N5O6S/c1-3-42-29(40)17-35-32(41)34-16-26-6-4-5-7-27(26)23-12-14-25(15-13-23)31-43-28(19-45-33-36-20-37-38-33)21(2)30(44-31)24-10-8-22(18-39)9-11-24/h4-15,20-21,28,30-31,39H,3,16-19H2,1-2H3,(H2,34,35,41)(H,36,37,38). The minimum atomic E-state index is -0.599. The van der Waals surface area contributed by atoms with Gasteiger partial charge in [-0.15, -0.1) is 0 Å². The molecule has 2 heterocycles. The average molecular weight is 632 g/mol. The van der Waals surface area contributed by atoms with Crippen LogP contribution in [-0.4, -0.2) is 57.3 Å². The molecule has 3 aromatic carbocycles. The number of ether oxygens (including phenoxy) is 3. The monoisotopic (exact) mass is 631 g/mol. The Hall–Kier alpha value is -4.23. The summed E-state index contributed by atoms with van der Waals surface area (Å²) in [5.74, 6) is 0.219. The number of thioether (sulfide) groups is 1. The molecule has 1 aliphatic heterocycles. The highest BCUT2D eigenvalue weighted by molar-refractivity contribution is 7.99. The number of esters is 1. The number of hydrogen-bond donors (Lipinski definition) is 4. The maximum Gasteiger partial charge on any atom is 0.325 e. The zero-order valence-electron chi connectivity index (χ0n) is 25.1. The minimum absolute atomic E-state index is 0.0161. The van der Waals surface area contributed by atoms with Gasteiger partial charge in [-0.2, -0.15) is 5.10 Å². The Morgan fingerprint density at radius 1 is 1.00 bits per heavy atom. The number of urea groups is 1. The van der Waals surface area contributed by atoms with Gasteiger partial charge in [0.15, 0.2) is 11.4 Å². The fraction of sp³-hybridized carbons (Fsp3) is 0.333. The minimum Gasteiger partial charge on any atom is -0.465 e. The summed E-state index contributed by atoms with van der Waals surface area (Å²) in [6, 6.07) is 23.2. The number of aromatic amines is 1. The van der Waals surface area contributed by atoms with Gasteiger partial charge in [0.2, 0.25) is 0 Å². The van der Waals surface area contributed by atoms with Crippen molar-refractivity contribution in [1.82, 2.24) is 25.8 Å². The summed E-state index contributed by atoms with van der Waals surface area (Å²) in [6.45, 7) is 4.16. The number of H-pyrrole nitrogens is 1. The van der Waals surface area contributed by atoms with E-state index in [9.17, 15) is 14.7 Å². The van der Waals surface area contributed by atoms with Gasteiger partial charge in [0.1, 0.15) is 12.9 Å². The molecule has 4 aromatic rings. The summed E-state index contributed by atoms with van der Waals surface area (Å²) in [5.41, 5.74) is 5.61. The van der Waals surface area contributed by atoms with Crippen LogP contribution in [0.4, 0.5) is 4.79 Å². The predicted molar refractivity (Wildman–Crippen MR) is 169 cm³/mol. The molecule has 1 fully saturated rings. The lowest BCUT2D eigenvalue weighted by Gasteiger charge is -2.41. The number of hydrogen-bond acceptors (Lipinski definition) is 9. The molecule has 0 radical (unpaired) electrons. The summed E-state index contributed by atoms with van der Waals surface area (Å²) in [6.07, 6.45) is 0.529. The second kappa shape index (κ2) is 15.7. The van der Waals surface area contributed by atoms with Crippen LogP contribution in [-0.2, 0) is 32.2 Å². The van der Waals surface area contributed by atoms with E-state index in [-0.39, 0.29) is 44.4 Å². The highest BCUT2D eigenvalue weighted by Crippen LogP contribution is 2.43. The van der Waals surface area contributed by atoms with Crippen molar-refractivity contribution < 1.29 is 28.9 Å². The van der Waals surface area contributed by atoms with Crippen molar-refractivity contribution in [3.05, 3.63) is 101 Å². The first-order chi connectivity index (χ1) is 21.9. The lowest BCUT2D eigenvalue weighted by Crippen LogP contribution is -2.38. The highest BCUT2D eigenvalue weighted by Gasteiger charge is 2.38. The van der Waals surface area contributed by atoms with Gasteiger partial charge in [-0.1, -0.05) is 91.5 Å². The normalized spacial score (nSPS) is 19.5. The van der Waals surface area contributed by atoms with Gasteiger partial charge in [-0.25, -0.2) is 9.78 Å². The zero-order valence-corrected chi connectivity index (χ0v) is 26.0. The number of carbonyl (C=O) groups excluding carboxylic acids is 2. The van der Waals surface area contributed by atoms with Crippen molar-refractivity contribution in [3.63, 3.8) is 0 Å². The van der Waals surface area contributed by atoms with Crippen molar-refractivity contribution in [2.45, 2.75) is 50.7 Å². The molecule has 4 atom stereocenters. The van der Waals surface area contributed by atoms with Crippen LogP contribution in [0.1, 0.15) is 48.5 Å². The molecule has 0 aliphatic carbocycles. The van der Waals surface area contributed by atoms with E-state index in [1.165, 1.54) is 6.33 Å². The first-order valence-electron chi connectivity index (χ1n) is 14.8. The molecule has 5 rings (SSSR count).